The molecule has 0 unspecified atom stereocenters. The van der Waals surface area contributed by atoms with Gasteiger partial charge in [-0.05, 0) is 59.9 Å². The molecule has 4 aromatic rings. The maximum absolute atomic E-state index is 3.63. The van der Waals surface area contributed by atoms with Crippen LogP contribution in [0.1, 0.15) is 36.1 Å². The summed E-state index contributed by atoms with van der Waals surface area (Å²) in [6, 6.07) is 37.8. The Hall–Kier alpha value is -3.84. The van der Waals surface area contributed by atoms with Gasteiger partial charge in [0.05, 0.1) is 0 Å². The molecule has 0 saturated heterocycles. The molecule has 0 atom stereocenters. The van der Waals surface area contributed by atoms with Crippen LogP contribution in [0.2, 0.25) is 0 Å². The average molecular weight is 402 g/mol. The van der Waals surface area contributed by atoms with Gasteiger partial charge in [-0.3, -0.25) is 0 Å². The SMILES string of the molecule is CC(=Cc1ccccc1)c1cccc(Nc2ccccc2)c1C(C)=Cc1ccccc1. The van der Waals surface area contributed by atoms with E-state index in [1.807, 2.05) is 6.07 Å². The Balaban J connectivity index is 1.83. The maximum Gasteiger partial charge on any atom is 0.0466 e. The van der Waals surface area contributed by atoms with Crippen LogP contribution in [0, 0.1) is 0 Å². The first-order valence-corrected chi connectivity index (χ1v) is 10.6. The summed E-state index contributed by atoms with van der Waals surface area (Å²) in [7, 11) is 0. The Bertz CT molecular complexity index is 1190. The lowest BCUT2D eigenvalue weighted by Gasteiger charge is -2.18. The number of hydrogen-bond donors (Lipinski definition) is 1. The van der Waals surface area contributed by atoms with E-state index in [4.69, 9.17) is 0 Å². The standard InChI is InChI=1S/C30H27N/c1-23(21-25-13-6-3-7-14-25)28-19-12-20-29(31-27-17-10-5-11-18-27)30(28)24(2)22-26-15-8-4-9-16-26/h3-22,31H,1-2H3. The van der Waals surface area contributed by atoms with E-state index in [0.717, 1.165) is 11.4 Å². The summed E-state index contributed by atoms with van der Waals surface area (Å²) in [6.07, 6.45) is 4.51. The minimum atomic E-state index is 1.08. The molecule has 31 heavy (non-hydrogen) atoms. The number of rotatable bonds is 6. The van der Waals surface area contributed by atoms with Gasteiger partial charge in [-0.25, -0.2) is 0 Å². The zero-order valence-electron chi connectivity index (χ0n) is 18.0. The minimum absolute atomic E-state index is 1.08. The van der Waals surface area contributed by atoms with Gasteiger partial charge in [0.25, 0.3) is 0 Å². The predicted molar refractivity (Wildman–Crippen MR) is 136 cm³/mol. The largest absolute Gasteiger partial charge is 0.355 e. The average Bonchev–Trinajstić information content (AvgIpc) is 2.81. The topological polar surface area (TPSA) is 12.0 Å². The summed E-state index contributed by atoms with van der Waals surface area (Å²) >= 11 is 0. The van der Waals surface area contributed by atoms with Crippen LogP contribution in [-0.4, -0.2) is 0 Å². The highest BCUT2D eigenvalue weighted by Crippen LogP contribution is 2.35. The molecule has 0 radical (unpaired) electrons. The summed E-state index contributed by atoms with van der Waals surface area (Å²) in [4.78, 5) is 0. The Morgan fingerprint density at radius 1 is 0.548 bits per heavy atom. The lowest BCUT2D eigenvalue weighted by molar-refractivity contribution is 1.46. The van der Waals surface area contributed by atoms with Crippen molar-refractivity contribution in [3.8, 4) is 0 Å². The highest BCUT2D eigenvalue weighted by Gasteiger charge is 2.12. The van der Waals surface area contributed by atoms with Gasteiger partial charge in [-0.1, -0.05) is 103 Å². The van der Waals surface area contributed by atoms with E-state index in [-0.39, 0.29) is 0 Å². The summed E-state index contributed by atoms with van der Waals surface area (Å²) in [5.41, 5.74) is 9.50. The van der Waals surface area contributed by atoms with Gasteiger partial charge < -0.3 is 5.32 Å². The smallest absolute Gasteiger partial charge is 0.0466 e. The minimum Gasteiger partial charge on any atom is -0.355 e. The van der Waals surface area contributed by atoms with Crippen LogP contribution in [0.15, 0.2) is 109 Å². The number of anilines is 2. The molecule has 4 rings (SSSR count). The second kappa shape index (κ2) is 9.77. The maximum atomic E-state index is 3.63. The number of allylic oxidation sites excluding steroid dienone is 2. The van der Waals surface area contributed by atoms with Crippen LogP contribution in [0.3, 0.4) is 0 Å². The highest BCUT2D eigenvalue weighted by molar-refractivity contribution is 5.95. The molecule has 1 nitrogen and oxygen atoms in total. The second-order valence-electron chi connectivity index (χ2n) is 7.70. The van der Waals surface area contributed by atoms with Crippen molar-refractivity contribution in [1.29, 1.82) is 0 Å². The third-order valence-electron chi connectivity index (χ3n) is 5.30. The highest BCUT2D eigenvalue weighted by atomic mass is 14.9. The van der Waals surface area contributed by atoms with E-state index in [9.17, 15) is 0 Å². The van der Waals surface area contributed by atoms with Gasteiger partial charge in [-0.2, -0.15) is 0 Å². The fourth-order valence-corrected chi connectivity index (χ4v) is 3.84. The summed E-state index contributed by atoms with van der Waals surface area (Å²) in [6.45, 7) is 4.38. The first kappa shape index (κ1) is 20.4. The quantitative estimate of drug-likeness (QED) is 0.319. The lowest BCUT2D eigenvalue weighted by atomic mass is 9.92. The van der Waals surface area contributed by atoms with Crippen LogP contribution >= 0.6 is 0 Å². The van der Waals surface area contributed by atoms with Crippen molar-refractivity contribution in [1.82, 2.24) is 0 Å². The van der Waals surface area contributed by atoms with Gasteiger partial charge in [0.1, 0.15) is 0 Å². The van der Waals surface area contributed by atoms with Gasteiger partial charge in [0.15, 0.2) is 0 Å². The summed E-state index contributed by atoms with van der Waals surface area (Å²) < 4.78 is 0. The van der Waals surface area contributed by atoms with Gasteiger partial charge in [0.2, 0.25) is 0 Å². The zero-order chi connectivity index (χ0) is 21.5. The zero-order valence-corrected chi connectivity index (χ0v) is 18.0. The third kappa shape index (κ3) is 5.21. The third-order valence-corrected chi connectivity index (χ3v) is 5.30. The van der Waals surface area contributed by atoms with Crippen molar-refractivity contribution in [3.63, 3.8) is 0 Å². The molecule has 1 heteroatoms. The second-order valence-corrected chi connectivity index (χ2v) is 7.70. The molecule has 0 aliphatic rings. The Labute approximate surface area is 185 Å². The fraction of sp³-hybridized carbons (Fsp3) is 0.0667. The van der Waals surface area contributed by atoms with Crippen LogP contribution < -0.4 is 5.32 Å². The molecule has 1 N–H and O–H groups in total. The van der Waals surface area contributed by atoms with E-state index < -0.39 is 0 Å². The Morgan fingerprint density at radius 2 is 1.06 bits per heavy atom. The summed E-state index contributed by atoms with van der Waals surface area (Å²) in [5, 5.41) is 3.63. The van der Waals surface area contributed by atoms with Crippen molar-refractivity contribution in [2.75, 3.05) is 5.32 Å². The van der Waals surface area contributed by atoms with E-state index in [2.05, 4.69) is 134 Å². The number of para-hydroxylation sites is 1. The van der Waals surface area contributed by atoms with Gasteiger partial charge >= 0.3 is 0 Å². The first-order valence-electron chi connectivity index (χ1n) is 10.6. The van der Waals surface area contributed by atoms with E-state index in [0.29, 0.717) is 0 Å². The number of benzene rings is 4. The van der Waals surface area contributed by atoms with Crippen molar-refractivity contribution >= 4 is 34.7 Å². The van der Waals surface area contributed by atoms with Crippen LogP contribution in [0.4, 0.5) is 11.4 Å². The number of hydrogen-bond acceptors (Lipinski definition) is 1. The molecule has 0 aliphatic heterocycles. The molecular weight excluding hydrogens is 374 g/mol. The van der Waals surface area contributed by atoms with Crippen molar-refractivity contribution in [2.45, 2.75) is 13.8 Å². The molecular formula is C30H27N. The van der Waals surface area contributed by atoms with E-state index in [1.54, 1.807) is 0 Å². The molecule has 0 amide bonds. The molecule has 0 aromatic heterocycles. The Morgan fingerprint density at radius 3 is 1.65 bits per heavy atom. The fourth-order valence-electron chi connectivity index (χ4n) is 3.84. The molecule has 4 aromatic carbocycles. The van der Waals surface area contributed by atoms with Crippen molar-refractivity contribution < 1.29 is 0 Å². The van der Waals surface area contributed by atoms with Crippen LogP contribution in [0.25, 0.3) is 23.3 Å². The molecule has 0 fully saturated rings. The monoisotopic (exact) mass is 401 g/mol. The molecule has 0 bridgehead atoms. The predicted octanol–water partition coefficient (Wildman–Crippen LogP) is 8.55. The molecule has 0 spiro atoms. The van der Waals surface area contributed by atoms with E-state index >= 15 is 0 Å². The van der Waals surface area contributed by atoms with E-state index in [1.165, 1.54) is 33.4 Å². The van der Waals surface area contributed by atoms with Crippen LogP contribution in [0.5, 0.6) is 0 Å². The first-order chi connectivity index (χ1) is 15.2. The van der Waals surface area contributed by atoms with Gasteiger partial charge in [-0.15, -0.1) is 0 Å². The normalized spacial score (nSPS) is 11.9. The number of nitrogens with one attached hydrogen (secondary N) is 1. The lowest BCUT2D eigenvalue weighted by Crippen LogP contribution is -1.99. The molecule has 0 heterocycles. The van der Waals surface area contributed by atoms with Gasteiger partial charge in [0, 0.05) is 16.9 Å². The molecule has 152 valence electrons. The summed E-state index contributed by atoms with van der Waals surface area (Å²) in [5.74, 6) is 0. The molecule has 0 saturated carbocycles. The molecule has 0 aliphatic carbocycles. The Kier molecular flexibility index (Phi) is 6.44. The van der Waals surface area contributed by atoms with Crippen LogP contribution in [-0.2, 0) is 0 Å². The van der Waals surface area contributed by atoms with Crippen molar-refractivity contribution in [2.24, 2.45) is 0 Å². The van der Waals surface area contributed by atoms with Crippen molar-refractivity contribution in [3.05, 3.63) is 131 Å².